The van der Waals surface area contributed by atoms with Crippen molar-refractivity contribution in [1.82, 2.24) is 9.71 Å². The fourth-order valence-corrected chi connectivity index (χ4v) is 6.11. The molecule has 3 N–H and O–H groups in total. The number of hydrogen-bond acceptors (Lipinski definition) is 7. The van der Waals surface area contributed by atoms with Gasteiger partial charge in [-0.2, -0.15) is 0 Å². The van der Waals surface area contributed by atoms with E-state index < -0.39 is 46.6 Å². The van der Waals surface area contributed by atoms with E-state index >= 15 is 0 Å². The van der Waals surface area contributed by atoms with Gasteiger partial charge in [-0.3, -0.25) is 5.32 Å². The Morgan fingerprint density at radius 3 is 2.43 bits per heavy atom. The SMILES string of the molecule is CC(C)(C)[S+]([O-])NC(c1cc2cccc(B3OC(C)(C)C(C)(C)O3)c2s1)c1nc(NC(=O)O)ccc1Cl. The van der Waals surface area contributed by atoms with E-state index in [9.17, 15) is 9.35 Å². The summed E-state index contributed by atoms with van der Waals surface area (Å²) in [5.41, 5.74) is 0.309. The van der Waals surface area contributed by atoms with Crippen molar-refractivity contribution in [3.05, 3.63) is 52.0 Å². The molecule has 0 saturated carbocycles. The van der Waals surface area contributed by atoms with Crippen molar-refractivity contribution in [3.8, 4) is 0 Å². The molecule has 2 aromatic heterocycles. The Labute approximate surface area is 229 Å². The maximum absolute atomic E-state index is 13.2. The molecule has 0 radical (unpaired) electrons. The molecule has 0 spiro atoms. The number of benzene rings is 1. The molecule has 37 heavy (non-hydrogen) atoms. The summed E-state index contributed by atoms with van der Waals surface area (Å²) in [6.07, 6.45) is -1.24. The number of halogens is 1. The minimum absolute atomic E-state index is 0.124. The minimum Gasteiger partial charge on any atom is -0.598 e. The Bertz CT molecular complexity index is 1310. The summed E-state index contributed by atoms with van der Waals surface area (Å²) >= 11 is 6.59. The predicted octanol–water partition coefficient (Wildman–Crippen LogP) is 5.48. The number of nitrogens with one attached hydrogen (secondary N) is 2. The van der Waals surface area contributed by atoms with Crippen LogP contribution in [-0.2, 0) is 20.7 Å². The molecule has 0 aliphatic carbocycles. The second-order valence-corrected chi connectivity index (χ2v) is 14.4. The van der Waals surface area contributed by atoms with Crippen LogP contribution < -0.4 is 15.5 Å². The van der Waals surface area contributed by atoms with Gasteiger partial charge in [0.05, 0.1) is 21.9 Å². The molecule has 4 rings (SSSR count). The number of anilines is 1. The van der Waals surface area contributed by atoms with Crippen LogP contribution in [0.2, 0.25) is 5.02 Å². The highest BCUT2D eigenvalue weighted by Crippen LogP contribution is 2.40. The van der Waals surface area contributed by atoms with Crippen molar-refractivity contribution in [2.45, 2.75) is 70.5 Å². The lowest BCUT2D eigenvalue weighted by atomic mass is 9.78. The van der Waals surface area contributed by atoms with Gasteiger partial charge in [-0.15, -0.1) is 16.1 Å². The van der Waals surface area contributed by atoms with E-state index in [1.165, 1.54) is 17.4 Å². The average Bonchev–Trinajstić information content (AvgIpc) is 3.29. The monoisotopic (exact) mass is 563 g/mol. The average molecular weight is 564 g/mol. The number of fused-ring (bicyclic) bond motifs is 1. The Hall–Kier alpha value is -1.86. The van der Waals surface area contributed by atoms with E-state index in [-0.39, 0.29) is 5.82 Å². The van der Waals surface area contributed by atoms with E-state index in [2.05, 4.69) is 15.0 Å². The van der Waals surface area contributed by atoms with Gasteiger partial charge >= 0.3 is 13.2 Å². The first kappa shape index (κ1) is 28.2. The highest BCUT2D eigenvalue weighted by Gasteiger charge is 2.52. The van der Waals surface area contributed by atoms with Crippen LogP contribution in [0.1, 0.15) is 65.1 Å². The third kappa shape index (κ3) is 5.78. The molecule has 0 bridgehead atoms. The molecule has 8 nitrogen and oxygen atoms in total. The maximum atomic E-state index is 13.2. The zero-order valence-electron chi connectivity index (χ0n) is 21.8. The number of carboxylic acid groups (broad SMARTS) is 1. The van der Waals surface area contributed by atoms with Crippen LogP contribution >= 0.6 is 22.9 Å². The van der Waals surface area contributed by atoms with Gasteiger partial charge in [-0.05, 0) is 72.1 Å². The lowest BCUT2D eigenvalue weighted by molar-refractivity contribution is 0.00578. The van der Waals surface area contributed by atoms with Gasteiger partial charge in [-0.1, -0.05) is 29.8 Å². The van der Waals surface area contributed by atoms with Crippen molar-refractivity contribution >= 4 is 68.9 Å². The highest BCUT2D eigenvalue weighted by molar-refractivity contribution is 7.90. The van der Waals surface area contributed by atoms with E-state index in [4.69, 9.17) is 26.0 Å². The fraction of sp³-hybridized carbons (Fsp3) is 0.440. The second kappa shape index (κ2) is 10.0. The molecule has 2 unspecified atom stereocenters. The van der Waals surface area contributed by atoms with E-state index in [1.807, 2.05) is 72.7 Å². The molecule has 1 aliphatic rings. The van der Waals surface area contributed by atoms with Crippen molar-refractivity contribution in [3.63, 3.8) is 0 Å². The second-order valence-electron chi connectivity index (χ2n) is 10.9. The number of aromatic nitrogens is 1. The van der Waals surface area contributed by atoms with Crippen molar-refractivity contribution < 1.29 is 23.8 Å². The standard InChI is InChI=1S/C25H31BClN3O5S2/c1-23(2,3)37(33)30-20(19-16(27)11-12-18(28-19)29-22(31)32)17-13-14-9-8-10-15(21(14)36-17)26-34-24(4,5)25(6,7)35-26/h8-13,20,30H,1-7H3,(H,28,29)(H,31,32). The summed E-state index contributed by atoms with van der Waals surface area (Å²) in [6.45, 7) is 13.7. The van der Waals surface area contributed by atoms with Crippen LogP contribution in [0.15, 0.2) is 36.4 Å². The van der Waals surface area contributed by atoms with Crippen LogP contribution in [0.5, 0.6) is 0 Å². The quantitative estimate of drug-likeness (QED) is 0.269. The van der Waals surface area contributed by atoms with Gasteiger partial charge in [0.25, 0.3) is 0 Å². The predicted molar refractivity (Wildman–Crippen MR) is 151 cm³/mol. The number of hydrogen-bond donors (Lipinski definition) is 3. The number of nitrogens with zero attached hydrogens (tertiary/aromatic N) is 1. The third-order valence-electron chi connectivity index (χ3n) is 6.55. The zero-order chi connectivity index (χ0) is 27.3. The smallest absolute Gasteiger partial charge is 0.496 e. The Balaban J connectivity index is 1.82. The molecule has 198 valence electrons. The molecular formula is C25H31BClN3O5S2. The maximum Gasteiger partial charge on any atom is 0.496 e. The van der Waals surface area contributed by atoms with Crippen LogP contribution in [0.4, 0.5) is 10.6 Å². The Morgan fingerprint density at radius 2 is 1.84 bits per heavy atom. The third-order valence-corrected chi connectivity index (χ3v) is 9.69. The summed E-state index contributed by atoms with van der Waals surface area (Å²) < 4.78 is 29.4. The first-order chi connectivity index (χ1) is 17.1. The molecule has 1 aromatic carbocycles. The van der Waals surface area contributed by atoms with Gasteiger partial charge in [0.1, 0.15) is 16.6 Å². The van der Waals surface area contributed by atoms with Gasteiger partial charge in [0, 0.05) is 26.4 Å². The van der Waals surface area contributed by atoms with Gasteiger partial charge in [0.15, 0.2) is 0 Å². The summed E-state index contributed by atoms with van der Waals surface area (Å²) in [4.78, 5) is 16.5. The summed E-state index contributed by atoms with van der Waals surface area (Å²) in [5, 5.41) is 12.7. The van der Waals surface area contributed by atoms with E-state index in [1.54, 1.807) is 6.07 Å². The molecule has 1 aliphatic heterocycles. The van der Waals surface area contributed by atoms with E-state index in [0.29, 0.717) is 10.7 Å². The minimum atomic E-state index is -1.47. The van der Waals surface area contributed by atoms with Crippen molar-refractivity contribution in [1.29, 1.82) is 0 Å². The summed E-state index contributed by atoms with van der Waals surface area (Å²) in [7, 11) is -0.542. The number of carbonyl (C=O) groups is 1. The number of pyridine rings is 1. The lowest BCUT2D eigenvalue weighted by Crippen LogP contribution is -2.41. The molecule has 2 atom stereocenters. The fourth-order valence-electron chi connectivity index (χ4n) is 3.78. The largest absolute Gasteiger partial charge is 0.598 e. The Morgan fingerprint density at radius 1 is 1.19 bits per heavy atom. The lowest BCUT2D eigenvalue weighted by Gasteiger charge is -2.32. The molecule has 1 amide bonds. The van der Waals surface area contributed by atoms with Gasteiger partial charge < -0.3 is 19.0 Å². The highest BCUT2D eigenvalue weighted by atomic mass is 35.5. The topological polar surface area (TPSA) is 116 Å². The van der Waals surface area contributed by atoms with Crippen molar-refractivity contribution in [2.75, 3.05) is 5.32 Å². The van der Waals surface area contributed by atoms with E-state index in [0.717, 1.165) is 20.4 Å². The molecule has 1 saturated heterocycles. The van der Waals surface area contributed by atoms with Gasteiger partial charge in [0.2, 0.25) is 0 Å². The first-order valence-electron chi connectivity index (χ1n) is 11.8. The molecule has 3 heterocycles. The summed E-state index contributed by atoms with van der Waals surface area (Å²) in [6, 6.07) is 10.3. The van der Waals surface area contributed by atoms with Gasteiger partial charge in [-0.25, -0.2) is 9.78 Å². The zero-order valence-corrected chi connectivity index (χ0v) is 24.2. The number of thiophene rings is 1. The molecule has 12 heteroatoms. The molecule has 1 fully saturated rings. The van der Waals surface area contributed by atoms with Crippen LogP contribution in [0.25, 0.3) is 10.1 Å². The molecule has 3 aromatic rings. The van der Waals surface area contributed by atoms with Crippen LogP contribution in [0, 0.1) is 0 Å². The number of amides is 1. The Kier molecular flexibility index (Phi) is 7.64. The van der Waals surface area contributed by atoms with Crippen LogP contribution in [0.3, 0.4) is 0 Å². The summed E-state index contributed by atoms with van der Waals surface area (Å²) in [5.74, 6) is 0.124. The first-order valence-corrected chi connectivity index (χ1v) is 14.2. The van der Waals surface area contributed by atoms with Crippen LogP contribution in [-0.4, -0.2) is 43.8 Å². The van der Waals surface area contributed by atoms with Crippen molar-refractivity contribution in [2.24, 2.45) is 0 Å². The normalized spacial score (nSPS) is 18.7. The number of rotatable bonds is 6. The molecular weight excluding hydrogens is 533 g/mol.